The molecule has 0 saturated carbocycles. The van der Waals surface area contributed by atoms with E-state index in [1.807, 2.05) is 30.3 Å². The number of halogens is 1. The van der Waals surface area contributed by atoms with Gasteiger partial charge in [-0.25, -0.2) is 13.1 Å². The number of hydrogen-bond acceptors (Lipinski definition) is 2. The summed E-state index contributed by atoms with van der Waals surface area (Å²) in [6.45, 7) is 2.55. The Bertz CT molecular complexity index is 419. The zero-order valence-electron chi connectivity index (χ0n) is 9.90. The first-order valence-corrected chi connectivity index (χ1v) is 8.25. The summed E-state index contributed by atoms with van der Waals surface area (Å²) in [4.78, 5) is 0.377. The van der Waals surface area contributed by atoms with Crippen LogP contribution in [-0.4, -0.2) is 19.8 Å². The van der Waals surface area contributed by atoms with E-state index in [0.717, 1.165) is 18.4 Å². The highest BCUT2D eigenvalue weighted by atomic mass is 79.9. The van der Waals surface area contributed by atoms with Crippen molar-refractivity contribution in [3.05, 3.63) is 35.9 Å². The van der Waals surface area contributed by atoms with Gasteiger partial charge in [-0.15, -0.1) is 0 Å². The second-order valence-electron chi connectivity index (χ2n) is 3.93. The van der Waals surface area contributed by atoms with Gasteiger partial charge < -0.3 is 0 Å². The highest BCUT2D eigenvalue weighted by Crippen LogP contribution is 2.09. The molecule has 0 spiro atoms. The zero-order valence-corrected chi connectivity index (χ0v) is 12.3. The summed E-state index contributed by atoms with van der Waals surface area (Å²) in [5.74, 6) is 0.0485. The smallest absolute Gasteiger partial charge is 0.215 e. The highest BCUT2D eigenvalue weighted by molar-refractivity contribution is 9.09. The molecule has 0 aliphatic heterocycles. The van der Waals surface area contributed by atoms with E-state index in [4.69, 9.17) is 0 Å². The SMILES string of the molecule is CCC(Br)CCNS(=O)(=O)Cc1ccccc1. The third-order valence-electron chi connectivity index (χ3n) is 2.42. The number of hydrogen-bond donors (Lipinski definition) is 1. The highest BCUT2D eigenvalue weighted by Gasteiger charge is 2.11. The molecule has 1 atom stereocenters. The minimum atomic E-state index is -3.21. The third kappa shape index (κ3) is 6.19. The Morgan fingerprint density at radius 1 is 1.29 bits per heavy atom. The van der Waals surface area contributed by atoms with Crippen LogP contribution in [0.3, 0.4) is 0 Å². The molecular formula is C12H18BrNO2S. The van der Waals surface area contributed by atoms with Gasteiger partial charge in [0.05, 0.1) is 5.75 Å². The predicted molar refractivity (Wildman–Crippen MR) is 74.7 cm³/mol. The maximum Gasteiger partial charge on any atom is 0.215 e. The van der Waals surface area contributed by atoms with Gasteiger partial charge >= 0.3 is 0 Å². The van der Waals surface area contributed by atoms with Crippen LogP contribution in [0.4, 0.5) is 0 Å². The minimum Gasteiger partial charge on any atom is -0.215 e. The fraction of sp³-hybridized carbons (Fsp3) is 0.500. The van der Waals surface area contributed by atoms with Gasteiger partial charge in [0.25, 0.3) is 0 Å². The first-order valence-electron chi connectivity index (χ1n) is 5.69. The van der Waals surface area contributed by atoms with Gasteiger partial charge in [0, 0.05) is 11.4 Å². The molecule has 1 unspecified atom stereocenters. The Balaban J connectivity index is 2.42. The van der Waals surface area contributed by atoms with Crippen molar-refractivity contribution in [3.63, 3.8) is 0 Å². The van der Waals surface area contributed by atoms with Crippen molar-refractivity contribution < 1.29 is 8.42 Å². The number of rotatable bonds is 7. The topological polar surface area (TPSA) is 46.2 Å². The van der Waals surface area contributed by atoms with Gasteiger partial charge in [-0.1, -0.05) is 53.2 Å². The maximum atomic E-state index is 11.7. The Kier molecular flexibility index (Phi) is 6.16. The van der Waals surface area contributed by atoms with Crippen molar-refractivity contribution in [1.29, 1.82) is 0 Å². The molecule has 0 fully saturated rings. The Hall–Kier alpha value is -0.390. The molecule has 0 saturated heterocycles. The molecule has 5 heteroatoms. The van der Waals surface area contributed by atoms with E-state index in [1.165, 1.54) is 0 Å². The van der Waals surface area contributed by atoms with Crippen LogP contribution in [-0.2, 0) is 15.8 Å². The van der Waals surface area contributed by atoms with E-state index in [-0.39, 0.29) is 5.75 Å². The molecule has 3 nitrogen and oxygen atoms in total. The summed E-state index contributed by atoms with van der Waals surface area (Å²) < 4.78 is 26.1. The second-order valence-corrected chi connectivity index (χ2v) is 7.04. The molecule has 0 aliphatic carbocycles. The molecular weight excluding hydrogens is 302 g/mol. The Morgan fingerprint density at radius 3 is 2.53 bits per heavy atom. The lowest BCUT2D eigenvalue weighted by atomic mass is 10.2. The molecule has 1 N–H and O–H groups in total. The van der Waals surface area contributed by atoms with Gasteiger partial charge in [0.15, 0.2) is 0 Å². The summed E-state index contributed by atoms with van der Waals surface area (Å²) in [5.41, 5.74) is 0.811. The van der Waals surface area contributed by atoms with Crippen molar-refractivity contribution in [1.82, 2.24) is 4.72 Å². The fourth-order valence-corrected chi connectivity index (χ4v) is 2.81. The minimum absolute atomic E-state index is 0.0485. The van der Waals surface area contributed by atoms with Crippen LogP contribution >= 0.6 is 15.9 Å². The molecule has 0 amide bonds. The molecule has 1 rings (SSSR count). The molecule has 17 heavy (non-hydrogen) atoms. The van der Waals surface area contributed by atoms with Crippen molar-refractivity contribution in [2.75, 3.05) is 6.54 Å². The lowest BCUT2D eigenvalue weighted by Crippen LogP contribution is -2.27. The summed E-state index contributed by atoms with van der Waals surface area (Å²) in [6, 6.07) is 9.20. The molecule has 96 valence electrons. The van der Waals surface area contributed by atoms with Gasteiger partial charge in [-0.05, 0) is 18.4 Å². The second kappa shape index (κ2) is 7.13. The Labute approximate surface area is 112 Å². The third-order valence-corrected chi connectivity index (χ3v) is 4.88. The number of benzene rings is 1. The maximum absolute atomic E-state index is 11.7. The first-order chi connectivity index (χ1) is 8.03. The van der Waals surface area contributed by atoms with E-state index in [1.54, 1.807) is 0 Å². The lowest BCUT2D eigenvalue weighted by molar-refractivity contribution is 0.576. The largest absolute Gasteiger partial charge is 0.215 e. The number of sulfonamides is 1. The Morgan fingerprint density at radius 2 is 1.94 bits per heavy atom. The van der Waals surface area contributed by atoms with Crippen LogP contribution in [0.15, 0.2) is 30.3 Å². The van der Waals surface area contributed by atoms with Crippen molar-refractivity contribution in [3.8, 4) is 0 Å². The summed E-state index contributed by atoms with van der Waals surface area (Å²) in [7, 11) is -3.21. The fourth-order valence-electron chi connectivity index (χ4n) is 1.42. The van der Waals surface area contributed by atoms with Gasteiger partial charge in [0.1, 0.15) is 0 Å². The zero-order chi connectivity index (χ0) is 12.7. The number of alkyl halides is 1. The van der Waals surface area contributed by atoms with Gasteiger partial charge in [0.2, 0.25) is 10.0 Å². The summed E-state index contributed by atoms with van der Waals surface area (Å²) in [6.07, 6.45) is 1.81. The van der Waals surface area contributed by atoms with Crippen LogP contribution in [0.25, 0.3) is 0 Å². The molecule has 0 aliphatic rings. The van der Waals surface area contributed by atoms with E-state index < -0.39 is 10.0 Å². The van der Waals surface area contributed by atoms with E-state index in [2.05, 4.69) is 27.6 Å². The summed E-state index contributed by atoms with van der Waals surface area (Å²) >= 11 is 3.48. The van der Waals surface area contributed by atoms with Crippen molar-refractivity contribution in [2.45, 2.75) is 30.3 Å². The van der Waals surface area contributed by atoms with Crippen LogP contribution in [0.5, 0.6) is 0 Å². The average molecular weight is 320 g/mol. The average Bonchev–Trinajstić information content (AvgIpc) is 2.29. The van der Waals surface area contributed by atoms with E-state index >= 15 is 0 Å². The quantitative estimate of drug-likeness (QED) is 0.785. The number of nitrogens with one attached hydrogen (secondary N) is 1. The first kappa shape index (κ1) is 14.7. The monoisotopic (exact) mass is 319 g/mol. The van der Waals surface area contributed by atoms with Gasteiger partial charge in [-0.3, -0.25) is 0 Å². The summed E-state index contributed by atoms with van der Waals surface area (Å²) in [5, 5.41) is 0. The van der Waals surface area contributed by atoms with Crippen molar-refractivity contribution in [2.24, 2.45) is 0 Å². The van der Waals surface area contributed by atoms with Crippen LogP contribution < -0.4 is 4.72 Å². The van der Waals surface area contributed by atoms with Crippen molar-refractivity contribution >= 4 is 26.0 Å². The van der Waals surface area contributed by atoms with Crippen LogP contribution in [0, 0.1) is 0 Å². The molecule has 0 heterocycles. The van der Waals surface area contributed by atoms with Gasteiger partial charge in [-0.2, -0.15) is 0 Å². The van der Waals surface area contributed by atoms with E-state index in [9.17, 15) is 8.42 Å². The molecule has 1 aromatic carbocycles. The molecule has 0 bridgehead atoms. The van der Waals surface area contributed by atoms with E-state index in [0.29, 0.717) is 11.4 Å². The molecule has 0 aromatic heterocycles. The standard InChI is InChI=1S/C12H18BrNO2S/c1-2-12(13)8-9-14-17(15,16)10-11-6-4-3-5-7-11/h3-7,12,14H,2,8-10H2,1H3. The molecule has 1 aromatic rings. The lowest BCUT2D eigenvalue weighted by Gasteiger charge is -2.09. The molecule has 0 radical (unpaired) electrons. The van der Waals surface area contributed by atoms with Crippen LogP contribution in [0.1, 0.15) is 25.3 Å². The van der Waals surface area contributed by atoms with Crippen LogP contribution in [0.2, 0.25) is 0 Å². The normalized spacial score (nSPS) is 13.5. The predicted octanol–water partition coefficient (Wildman–Crippen LogP) is 2.67.